The van der Waals surface area contributed by atoms with E-state index in [1.54, 1.807) is 10.4 Å². The Morgan fingerprint density at radius 1 is 0.893 bits per heavy atom. The number of rotatable bonds is 3. The van der Waals surface area contributed by atoms with Crippen molar-refractivity contribution in [2.45, 2.75) is 56.0 Å². The molecule has 1 saturated heterocycles. The van der Waals surface area contributed by atoms with E-state index in [9.17, 15) is 8.42 Å². The molecule has 0 saturated carbocycles. The lowest BCUT2D eigenvalue weighted by atomic mass is 10.0. The average Bonchev–Trinajstić information content (AvgIpc) is 3.17. The molecule has 1 unspecified atom stereocenters. The fraction of sp³-hybridized carbons (Fsp3) is 0.429. The summed E-state index contributed by atoms with van der Waals surface area (Å²) >= 11 is 0. The van der Waals surface area contributed by atoms with Crippen molar-refractivity contribution in [3.05, 3.63) is 54.1 Å². The van der Waals surface area contributed by atoms with Crippen molar-refractivity contribution < 1.29 is 8.42 Å². The van der Waals surface area contributed by atoms with Crippen molar-refractivity contribution in [1.29, 1.82) is 0 Å². The van der Waals surface area contributed by atoms with E-state index in [-0.39, 0.29) is 6.04 Å². The highest BCUT2D eigenvalue weighted by Gasteiger charge is 2.38. The van der Waals surface area contributed by atoms with Gasteiger partial charge in [0.05, 0.1) is 10.9 Å². The van der Waals surface area contributed by atoms with E-state index in [2.05, 4.69) is 14.8 Å². The fourth-order valence-corrected chi connectivity index (χ4v) is 6.45. The third kappa shape index (κ3) is 2.84. The van der Waals surface area contributed by atoms with Crippen LogP contribution >= 0.6 is 0 Å². The van der Waals surface area contributed by atoms with Gasteiger partial charge >= 0.3 is 0 Å². The second-order valence-corrected chi connectivity index (χ2v) is 9.55. The number of hydrogen-bond donors (Lipinski definition) is 0. The zero-order valence-electron chi connectivity index (χ0n) is 15.8. The largest absolute Gasteiger partial charge is 0.314 e. The highest BCUT2D eigenvalue weighted by molar-refractivity contribution is 7.89. The summed E-state index contributed by atoms with van der Waals surface area (Å²) in [5, 5.41) is 10.5. The highest BCUT2D eigenvalue weighted by atomic mass is 32.2. The van der Waals surface area contributed by atoms with Gasteiger partial charge in [0.1, 0.15) is 5.82 Å². The lowest BCUT2D eigenvalue weighted by Crippen LogP contribution is -2.40. The van der Waals surface area contributed by atoms with E-state index in [0.717, 1.165) is 67.5 Å². The van der Waals surface area contributed by atoms with Crippen LogP contribution in [0.3, 0.4) is 0 Å². The molecule has 0 spiro atoms. The highest BCUT2D eigenvalue weighted by Crippen LogP contribution is 2.37. The molecular formula is C21H24N4O2S. The van der Waals surface area contributed by atoms with Gasteiger partial charge in [-0.05, 0) is 37.1 Å². The number of sulfonamides is 1. The van der Waals surface area contributed by atoms with E-state index in [4.69, 9.17) is 0 Å². The Morgan fingerprint density at radius 3 is 2.64 bits per heavy atom. The molecule has 0 N–H and O–H groups in total. The van der Waals surface area contributed by atoms with Crippen LogP contribution in [0.5, 0.6) is 0 Å². The number of fused-ring (bicyclic) bond motifs is 2. The van der Waals surface area contributed by atoms with Crippen molar-refractivity contribution in [2.75, 3.05) is 6.54 Å². The molecule has 2 aromatic carbocycles. The van der Waals surface area contributed by atoms with Crippen LogP contribution in [-0.2, 0) is 23.0 Å². The molecular weight excluding hydrogens is 372 g/mol. The van der Waals surface area contributed by atoms with Gasteiger partial charge in [0.2, 0.25) is 10.0 Å². The van der Waals surface area contributed by atoms with Gasteiger partial charge < -0.3 is 4.57 Å². The second-order valence-electron chi connectivity index (χ2n) is 7.69. The molecule has 3 aromatic rings. The van der Waals surface area contributed by atoms with Gasteiger partial charge in [-0.1, -0.05) is 42.8 Å². The minimum atomic E-state index is -3.64. The van der Waals surface area contributed by atoms with Crippen molar-refractivity contribution in [3.8, 4) is 0 Å². The summed E-state index contributed by atoms with van der Waals surface area (Å²) in [4.78, 5) is 0.385. The molecule has 3 heterocycles. The van der Waals surface area contributed by atoms with Gasteiger partial charge in [0.15, 0.2) is 5.82 Å². The average molecular weight is 397 g/mol. The van der Waals surface area contributed by atoms with Crippen molar-refractivity contribution in [3.63, 3.8) is 0 Å². The molecule has 1 aromatic heterocycles. The molecule has 1 fully saturated rings. The fourth-order valence-electron chi connectivity index (χ4n) is 4.57. The zero-order valence-corrected chi connectivity index (χ0v) is 16.6. The number of aryl methyl sites for hydroxylation is 1. The monoisotopic (exact) mass is 396 g/mol. The van der Waals surface area contributed by atoms with Crippen molar-refractivity contribution >= 4 is 20.8 Å². The summed E-state index contributed by atoms with van der Waals surface area (Å²) in [5.41, 5.74) is 0. The summed E-state index contributed by atoms with van der Waals surface area (Å²) in [6.45, 7) is 1.41. The minimum absolute atomic E-state index is 0.239. The standard InChI is InChI=1S/C21H24N4O2S/c26-28(27,19-12-7-9-16-8-1-2-10-17(16)19)25-15-6-3-11-18(25)21-23-22-20-13-4-5-14-24(20)21/h1-2,7-10,12,18H,3-6,11,13-15H2. The molecule has 0 bridgehead atoms. The lowest BCUT2D eigenvalue weighted by Gasteiger charge is -2.34. The summed E-state index contributed by atoms with van der Waals surface area (Å²) in [7, 11) is -3.64. The van der Waals surface area contributed by atoms with Crippen LogP contribution in [0, 0.1) is 0 Å². The van der Waals surface area contributed by atoms with Crippen LogP contribution < -0.4 is 0 Å². The molecule has 146 valence electrons. The molecule has 7 heteroatoms. The first-order chi connectivity index (χ1) is 13.7. The van der Waals surface area contributed by atoms with Gasteiger partial charge in [0.25, 0.3) is 0 Å². The summed E-state index contributed by atoms with van der Waals surface area (Å²) < 4.78 is 31.3. The number of benzene rings is 2. The van der Waals surface area contributed by atoms with Crippen LogP contribution in [-0.4, -0.2) is 34.0 Å². The number of nitrogens with zero attached hydrogens (tertiary/aromatic N) is 4. The number of hydrogen-bond acceptors (Lipinski definition) is 4. The summed E-state index contributed by atoms with van der Waals surface area (Å²) in [6.07, 6.45) is 5.83. The SMILES string of the molecule is O=S(=O)(c1cccc2ccccc12)N1CCCCC1c1nnc2n1CCCC2. The first-order valence-electron chi connectivity index (χ1n) is 10.1. The maximum absolute atomic E-state index is 13.7. The van der Waals surface area contributed by atoms with Crippen molar-refractivity contribution in [1.82, 2.24) is 19.1 Å². The smallest absolute Gasteiger partial charge is 0.244 e. The molecule has 6 nitrogen and oxygen atoms in total. The second kappa shape index (κ2) is 6.97. The minimum Gasteiger partial charge on any atom is -0.314 e. The summed E-state index contributed by atoms with van der Waals surface area (Å²) in [5.74, 6) is 1.81. The van der Waals surface area contributed by atoms with Gasteiger partial charge in [-0.2, -0.15) is 4.31 Å². The zero-order chi connectivity index (χ0) is 19.1. The van der Waals surface area contributed by atoms with Crippen molar-refractivity contribution in [2.24, 2.45) is 0 Å². The topological polar surface area (TPSA) is 68.1 Å². The van der Waals surface area contributed by atoms with E-state index in [1.807, 2.05) is 36.4 Å². The lowest BCUT2D eigenvalue weighted by molar-refractivity contribution is 0.239. The molecule has 2 aliphatic rings. The Kier molecular flexibility index (Phi) is 4.44. The molecule has 5 rings (SSSR count). The van der Waals surface area contributed by atoms with Crippen LogP contribution in [0.4, 0.5) is 0 Å². The van der Waals surface area contributed by atoms with E-state index < -0.39 is 10.0 Å². The van der Waals surface area contributed by atoms with E-state index >= 15 is 0 Å². The Morgan fingerprint density at radius 2 is 1.71 bits per heavy atom. The predicted molar refractivity (Wildman–Crippen MR) is 107 cm³/mol. The Balaban J connectivity index is 1.60. The first-order valence-corrected chi connectivity index (χ1v) is 11.5. The molecule has 0 amide bonds. The molecule has 2 aliphatic heterocycles. The normalized spacial score (nSPS) is 20.9. The molecule has 0 aliphatic carbocycles. The maximum Gasteiger partial charge on any atom is 0.244 e. The molecule has 28 heavy (non-hydrogen) atoms. The quantitative estimate of drug-likeness (QED) is 0.677. The van der Waals surface area contributed by atoms with Crippen LogP contribution in [0.1, 0.15) is 49.8 Å². The first kappa shape index (κ1) is 17.8. The Labute approximate surface area is 165 Å². The van der Waals surface area contributed by atoms with Gasteiger partial charge in [-0.3, -0.25) is 0 Å². The van der Waals surface area contributed by atoms with E-state index in [0.29, 0.717) is 11.4 Å². The predicted octanol–water partition coefficient (Wildman–Crippen LogP) is 3.68. The van der Waals surface area contributed by atoms with Gasteiger partial charge in [0, 0.05) is 24.9 Å². The number of piperidine rings is 1. The number of aromatic nitrogens is 3. The Bertz CT molecular complexity index is 1120. The molecule has 0 radical (unpaired) electrons. The third-order valence-electron chi connectivity index (χ3n) is 5.98. The van der Waals surface area contributed by atoms with Gasteiger partial charge in [-0.15, -0.1) is 10.2 Å². The van der Waals surface area contributed by atoms with Gasteiger partial charge in [-0.25, -0.2) is 8.42 Å². The van der Waals surface area contributed by atoms with Crippen LogP contribution in [0.15, 0.2) is 47.4 Å². The maximum atomic E-state index is 13.7. The van der Waals surface area contributed by atoms with Crippen LogP contribution in [0.25, 0.3) is 10.8 Å². The Hall–Kier alpha value is -2.25. The molecule has 1 atom stereocenters. The van der Waals surface area contributed by atoms with E-state index in [1.165, 1.54) is 0 Å². The summed E-state index contributed by atoms with van der Waals surface area (Å²) in [6, 6.07) is 12.9. The third-order valence-corrected chi connectivity index (χ3v) is 7.94. The van der Waals surface area contributed by atoms with Crippen LogP contribution in [0.2, 0.25) is 0 Å².